The molecule has 1 aliphatic rings. The molecule has 2 aromatic rings. The summed E-state index contributed by atoms with van der Waals surface area (Å²) >= 11 is 0. The van der Waals surface area contributed by atoms with Crippen molar-refractivity contribution in [1.29, 1.82) is 0 Å². The first-order valence-corrected chi connectivity index (χ1v) is 13.5. The van der Waals surface area contributed by atoms with Crippen LogP contribution in [-0.2, 0) is 21.2 Å². The maximum atomic E-state index is 14.3. The SMILES string of the molecule is O=C(CCCN(CCCc1ccccc1)S(=O)(=O)c1ccccc1F)NCC1CCCCC1. The van der Waals surface area contributed by atoms with E-state index in [0.29, 0.717) is 25.3 Å². The fourth-order valence-corrected chi connectivity index (χ4v) is 5.99. The number of benzene rings is 2. The van der Waals surface area contributed by atoms with Crippen molar-refractivity contribution in [3.05, 3.63) is 66.0 Å². The molecule has 180 valence electrons. The van der Waals surface area contributed by atoms with Crippen molar-refractivity contribution in [3.8, 4) is 0 Å². The van der Waals surface area contributed by atoms with E-state index in [0.717, 1.165) is 30.9 Å². The van der Waals surface area contributed by atoms with E-state index in [2.05, 4.69) is 5.32 Å². The lowest BCUT2D eigenvalue weighted by atomic mass is 9.89. The highest BCUT2D eigenvalue weighted by atomic mass is 32.2. The summed E-state index contributed by atoms with van der Waals surface area (Å²) in [6.07, 6.45) is 8.06. The topological polar surface area (TPSA) is 66.5 Å². The first-order valence-electron chi connectivity index (χ1n) is 12.0. The molecule has 3 rings (SSSR count). The van der Waals surface area contributed by atoms with Crippen LogP contribution in [0.3, 0.4) is 0 Å². The number of nitrogens with one attached hydrogen (secondary N) is 1. The fraction of sp³-hybridized carbons (Fsp3) is 0.500. The highest BCUT2D eigenvalue weighted by molar-refractivity contribution is 7.89. The van der Waals surface area contributed by atoms with Gasteiger partial charge in [-0.15, -0.1) is 0 Å². The molecule has 0 saturated heterocycles. The van der Waals surface area contributed by atoms with E-state index in [9.17, 15) is 17.6 Å². The third-order valence-corrected chi connectivity index (χ3v) is 8.23. The van der Waals surface area contributed by atoms with Gasteiger partial charge in [-0.2, -0.15) is 4.31 Å². The molecular formula is C26H35FN2O3S. The molecule has 0 aliphatic heterocycles. The standard InChI is InChI=1S/C26H35FN2O3S/c27-24-16-7-8-17-25(24)33(31,32)29(19-9-15-22-11-3-1-4-12-22)20-10-18-26(30)28-21-23-13-5-2-6-14-23/h1,3-4,7-8,11-12,16-17,23H,2,5-6,9-10,13-15,18-21H2,(H,28,30). The van der Waals surface area contributed by atoms with Gasteiger partial charge in [-0.3, -0.25) is 4.79 Å². The van der Waals surface area contributed by atoms with Crippen LogP contribution < -0.4 is 5.32 Å². The van der Waals surface area contributed by atoms with Crippen molar-refractivity contribution in [3.63, 3.8) is 0 Å². The minimum Gasteiger partial charge on any atom is -0.356 e. The fourth-order valence-electron chi connectivity index (χ4n) is 4.40. The van der Waals surface area contributed by atoms with Crippen molar-refractivity contribution in [2.45, 2.75) is 62.7 Å². The summed E-state index contributed by atoms with van der Waals surface area (Å²) in [5.74, 6) is -0.248. The van der Waals surface area contributed by atoms with E-state index in [1.54, 1.807) is 0 Å². The number of amides is 1. The Hall–Kier alpha value is -2.25. The molecule has 33 heavy (non-hydrogen) atoms. The van der Waals surface area contributed by atoms with E-state index in [1.165, 1.54) is 41.8 Å². The Labute approximate surface area is 197 Å². The molecule has 0 spiro atoms. The van der Waals surface area contributed by atoms with Gasteiger partial charge >= 0.3 is 0 Å². The maximum absolute atomic E-state index is 14.3. The quantitative estimate of drug-likeness (QED) is 0.475. The number of carbonyl (C=O) groups excluding carboxylic acids is 1. The van der Waals surface area contributed by atoms with Gasteiger partial charge in [0.25, 0.3) is 0 Å². The molecule has 0 bridgehead atoms. The minimum atomic E-state index is -3.99. The van der Waals surface area contributed by atoms with Crippen LogP contribution in [0.5, 0.6) is 0 Å². The molecule has 0 unspecified atom stereocenters. The van der Waals surface area contributed by atoms with Crippen LogP contribution in [-0.4, -0.2) is 38.3 Å². The van der Waals surface area contributed by atoms with Gasteiger partial charge < -0.3 is 5.32 Å². The summed E-state index contributed by atoms with van der Waals surface area (Å²) in [7, 11) is -3.99. The van der Waals surface area contributed by atoms with Crippen LogP contribution >= 0.6 is 0 Å². The van der Waals surface area contributed by atoms with E-state index in [4.69, 9.17) is 0 Å². The maximum Gasteiger partial charge on any atom is 0.245 e. The minimum absolute atomic E-state index is 0.0481. The van der Waals surface area contributed by atoms with Gasteiger partial charge in [0.05, 0.1) is 0 Å². The first kappa shape index (κ1) is 25.4. The molecule has 1 saturated carbocycles. The van der Waals surface area contributed by atoms with Gasteiger partial charge in [0.1, 0.15) is 10.7 Å². The number of carbonyl (C=O) groups is 1. The average molecular weight is 475 g/mol. The van der Waals surface area contributed by atoms with Gasteiger partial charge in [-0.05, 0) is 55.7 Å². The molecule has 5 nitrogen and oxygen atoms in total. The lowest BCUT2D eigenvalue weighted by Crippen LogP contribution is -2.35. The van der Waals surface area contributed by atoms with Crippen LogP contribution in [0, 0.1) is 11.7 Å². The Morgan fingerprint density at radius 3 is 2.33 bits per heavy atom. The van der Waals surface area contributed by atoms with Crippen LogP contribution in [0.1, 0.15) is 56.9 Å². The van der Waals surface area contributed by atoms with Crippen molar-refractivity contribution in [2.24, 2.45) is 5.92 Å². The van der Waals surface area contributed by atoms with E-state index in [1.807, 2.05) is 30.3 Å². The van der Waals surface area contributed by atoms with Crippen LogP contribution in [0.25, 0.3) is 0 Å². The molecule has 1 fully saturated rings. The molecule has 0 aromatic heterocycles. The Bertz CT molecular complexity index is 976. The normalized spacial score (nSPS) is 15.0. The Morgan fingerprint density at radius 2 is 1.61 bits per heavy atom. The lowest BCUT2D eigenvalue weighted by molar-refractivity contribution is -0.121. The smallest absolute Gasteiger partial charge is 0.245 e. The van der Waals surface area contributed by atoms with Crippen LogP contribution in [0.2, 0.25) is 0 Å². The van der Waals surface area contributed by atoms with E-state index < -0.39 is 15.8 Å². The van der Waals surface area contributed by atoms with Gasteiger partial charge in [-0.1, -0.05) is 61.7 Å². The second-order valence-electron chi connectivity index (χ2n) is 8.84. The third kappa shape index (κ3) is 7.93. The molecule has 0 heterocycles. The van der Waals surface area contributed by atoms with Crippen molar-refractivity contribution in [1.82, 2.24) is 9.62 Å². The van der Waals surface area contributed by atoms with Gasteiger partial charge in [0.2, 0.25) is 15.9 Å². The number of hydrogen-bond acceptors (Lipinski definition) is 3. The largest absolute Gasteiger partial charge is 0.356 e. The summed E-state index contributed by atoms with van der Waals surface area (Å²) in [5, 5.41) is 3.00. The molecule has 7 heteroatoms. The molecule has 1 aliphatic carbocycles. The molecule has 1 amide bonds. The molecule has 2 aromatic carbocycles. The average Bonchev–Trinajstić information content (AvgIpc) is 2.83. The second kappa shape index (κ2) is 12.8. The molecule has 0 radical (unpaired) electrons. The van der Waals surface area contributed by atoms with Gasteiger partial charge in [0, 0.05) is 26.1 Å². The summed E-state index contributed by atoms with van der Waals surface area (Å²) < 4.78 is 42.0. The zero-order valence-corrected chi connectivity index (χ0v) is 20.0. The van der Waals surface area contributed by atoms with E-state index >= 15 is 0 Å². The number of halogens is 1. The third-order valence-electron chi connectivity index (χ3n) is 6.29. The number of nitrogens with zero attached hydrogens (tertiary/aromatic N) is 1. The zero-order chi connectivity index (χ0) is 23.5. The van der Waals surface area contributed by atoms with Gasteiger partial charge in [0.15, 0.2) is 0 Å². The Balaban J connectivity index is 1.56. The predicted octanol–water partition coefficient (Wildman–Crippen LogP) is 4.93. The number of aryl methyl sites for hydroxylation is 1. The monoisotopic (exact) mass is 474 g/mol. The summed E-state index contributed by atoms with van der Waals surface area (Å²) in [5.41, 5.74) is 1.13. The molecule has 1 N–H and O–H groups in total. The number of hydrogen-bond donors (Lipinski definition) is 1. The molecular weight excluding hydrogens is 439 g/mol. The van der Waals surface area contributed by atoms with Crippen molar-refractivity contribution in [2.75, 3.05) is 19.6 Å². The van der Waals surface area contributed by atoms with Crippen LogP contribution in [0.4, 0.5) is 4.39 Å². The van der Waals surface area contributed by atoms with Crippen molar-refractivity contribution >= 4 is 15.9 Å². The summed E-state index contributed by atoms with van der Waals surface area (Å²) in [6, 6.07) is 15.3. The Kier molecular flexibility index (Phi) is 9.88. The number of rotatable bonds is 12. The summed E-state index contributed by atoms with van der Waals surface area (Å²) in [6.45, 7) is 1.16. The molecule has 0 atom stereocenters. The predicted molar refractivity (Wildman–Crippen MR) is 129 cm³/mol. The number of sulfonamides is 1. The highest BCUT2D eigenvalue weighted by Crippen LogP contribution is 2.23. The van der Waals surface area contributed by atoms with Gasteiger partial charge in [-0.25, -0.2) is 12.8 Å². The van der Waals surface area contributed by atoms with Crippen LogP contribution in [0.15, 0.2) is 59.5 Å². The highest BCUT2D eigenvalue weighted by Gasteiger charge is 2.27. The zero-order valence-electron chi connectivity index (χ0n) is 19.2. The Morgan fingerprint density at radius 1 is 0.939 bits per heavy atom. The second-order valence-corrected chi connectivity index (χ2v) is 10.7. The lowest BCUT2D eigenvalue weighted by Gasteiger charge is -2.23. The van der Waals surface area contributed by atoms with Crippen molar-refractivity contribution < 1.29 is 17.6 Å². The van der Waals surface area contributed by atoms with E-state index in [-0.39, 0.29) is 30.3 Å². The summed E-state index contributed by atoms with van der Waals surface area (Å²) in [4.78, 5) is 12.0. The first-order chi connectivity index (χ1) is 16.0.